The molecule has 2 nitrogen and oxygen atoms in total. The van der Waals surface area contributed by atoms with E-state index in [0.29, 0.717) is 11.1 Å². The molecule has 0 aromatic rings. The molecule has 4 heteroatoms. The van der Waals surface area contributed by atoms with Crippen LogP contribution in [-0.4, -0.2) is 53.3 Å². The molecule has 1 aliphatic heterocycles. The molecule has 0 radical (unpaired) electrons. The molecule has 0 aliphatic carbocycles. The first kappa shape index (κ1) is 17.1. The molecule has 1 rings (SSSR count). The van der Waals surface area contributed by atoms with E-state index in [1.54, 1.807) is 0 Å². The van der Waals surface area contributed by atoms with Crippen molar-refractivity contribution >= 4 is 30.1 Å². The molecule has 1 heterocycles. The lowest BCUT2D eigenvalue weighted by molar-refractivity contribution is -0.0423. The van der Waals surface area contributed by atoms with Crippen molar-refractivity contribution in [3.05, 3.63) is 0 Å². The molecule has 0 bridgehead atoms. The van der Waals surface area contributed by atoms with Gasteiger partial charge in [-0.1, -0.05) is 8.93 Å². The Morgan fingerprint density at radius 1 is 1.22 bits per heavy atom. The van der Waals surface area contributed by atoms with Crippen LogP contribution >= 0.6 is 30.1 Å². The van der Waals surface area contributed by atoms with E-state index in [4.69, 9.17) is 0 Å². The standard InChI is InChI=1S/C14H29IN2S/c1-13(2)10-12(11-14(3,4)17(13)6)16(5)8-7-9-18-15/h12H,7-11H2,1-6H3. The summed E-state index contributed by atoms with van der Waals surface area (Å²) < 4.78 is 0. The van der Waals surface area contributed by atoms with Crippen LogP contribution in [0.2, 0.25) is 0 Å². The van der Waals surface area contributed by atoms with Crippen LogP contribution in [0.5, 0.6) is 0 Å². The third-order valence-corrected chi connectivity index (χ3v) is 6.41. The molecule has 108 valence electrons. The zero-order valence-corrected chi connectivity index (χ0v) is 15.8. The smallest absolute Gasteiger partial charge is 0.0170 e. The molecule has 0 amide bonds. The predicted octanol–water partition coefficient (Wildman–Crippen LogP) is 4.04. The SMILES string of the molecule is CN(CCCSI)C1CC(C)(C)N(C)C(C)(C)C1. The molecule has 0 saturated carbocycles. The number of halogens is 1. The van der Waals surface area contributed by atoms with Gasteiger partial charge < -0.3 is 4.90 Å². The Kier molecular flexibility index (Phi) is 6.29. The molecule has 0 unspecified atom stereocenters. The van der Waals surface area contributed by atoms with Crippen molar-refractivity contribution in [2.24, 2.45) is 0 Å². The summed E-state index contributed by atoms with van der Waals surface area (Å²) >= 11 is 2.39. The minimum atomic E-state index is 0.304. The summed E-state index contributed by atoms with van der Waals surface area (Å²) in [4.78, 5) is 5.15. The van der Waals surface area contributed by atoms with Gasteiger partial charge in [-0.15, -0.1) is 0 Å². The van der Waals surface area contributed by atoms with Gasteiger partial charge in [0.05, 0.1) is 0 Å². The Labute approximate surface area is 130 Å². The minimum absolute atomic E-state index is 0.304. The van der Waals surface area contributed by atoms with E-state index in [1.807, 2.05) is 8.93 Å². The van der Waals surface area contributed by atoms with Crippen molar-refractivity contribution in [2.45, 2.75) is 64.1 Å². The zero-order valence-electron chi connectivity index (χ0n) is 12.8. The van der Waals surface area contributed by atoms with E-state index in [1.165, 1.54) is 31.6 Å². The number of likely N-dealkylation sites (tertiary alicyclic amines) is 1. The van der Waals surface area contributed by atoms with Crippen LogP contribution in [-0.2, 0) is 0 Å². The number of hydrogen-bond donors (Lipinski definition) is 0. The van der Waals surface area contributed by atoms with Crippen LogP contribution in [0.25, 0.3) is 0 Å². The molecule has 1 fully saturated rings. The van der Waals surface area contributed by atoms with Gasteiger partial charge in [0.2, 0.25) is 0 Å². The Morgan fingerprint density at radius 3 is 2.17 bits per heavy atom. The van der Waals surface area contributed by atoms with Crippen LogP contribution in [0.1, 0.15) is 47.0 Å². The first-order chi connectivity index (χ1) is 8.20. The molecule has 0 aromatic heterocycles. The summed E-state index contributed by atoms with van der Waals surface area (Å²) in [6, 6.07) is 0.727. The number of nitrogens with zero attached hydrogens (tertiary/aromatic N) is 2. The summed E-state index contributed by atoms with van der Waals surface area (Å²) in [5.74, 6) is 1.27. The number of piperidine rings is 1. The van der Waals surface area contributed by atoms with Gasteiger partial charge in [-0.2, -0.15) is 0 Å². The highest BCUT2D eigenvalue weighted by Crippen LogP contribution is 2.38. The lowest BCUT2D eigenvalue weighted by Gasteiger charge is -2.55. The van der Waals surface area contributed by atoms with E-state index in [0.717, 1.165) is 6.04 Å². The average molecular weight is 384 g/mol. The largest absolute Gasteiger partial charge is 0.303 e. The van der Waals surface area contributed by atoms with Crippen LogP contribution < -0.4 is 0 Å². The molecule has 0 N–H and O–H groups in total. The van der Waals surface area contributed by atoms with E-state index >= 15 is 0 Å². The maximum Gasteiger partial charge on any atom is 0.0170 e. The highest BCUT2D eigenvalue weighted by molar-refractivity contribution is 14.2. The topological polar surface area (TPSA) is 6.48 Å². The Balaban J connectivity index is 2.62. The van der Waals surface area contributed by atoms with E-state index in [-0.39, 0.29) is 0 Å². The summed E-state index contributed by atoms with van der Waals surface area (Å²) in [5, 5.41) is 0. The maximum atomic E-state index is 2.59. The molecule has 0 atom stereocenters. The summed E-state index contributed by atoms with van der Waals surface area (Å²) in [7, 11) is 6.51. The van der Waals surface area contributed by atoms with Gasteiger partial charge in [-0.3, -0.25) is 4.90 Å². The minimum Gasteiger partial charge on any atom is -0.303 e. The van der Waals surface area contributed by atoms with Gasteiger partial charge in [0.25, 0.3) is 0 Å². The van der Waals surface area contributed by atoms with E-state index in [9.17, 15) is 0 Å². The highest BCUT2D eigenvalue weighted by atomic mass is 127. The quantitative estimate of drug-likeness (QED) is 0.522. The van der Waals surface area contributed by atoms with Gasteiger partial charge in [0, 0.05) is 22.9 Å². The van der Waals surface area contributed by atoms with Crippen LogP contribution in [0.15, 0.2) is 0 Å². The fourth-order valence-corrected chi connectivity index (χ4v) is 4.35. The fourth-order valence-electron chi connectivity index (χ4n) is 3.18. The monoisotopic (exact) mass is 384 g/mol. The Bertz CT molecular complexity index is 251. The highest BCUT2D eigenvalue weighted by Gasteiger charge is 2.43. The summed E-state index contributed by atoms with van der Waals surface area (Å²) in [5.41, 5.74) is 0.609. The zero-order chi connectivity index (χ0) is 14.0. The second-order valence-electron chi connectivity index (χ2n) is 6.89. The molecule has 18 heavy (non-hydrogen) atoms. The fraction of sp³-hybridized carbons (Fsp3) is 1.00. The van der Waals surface area contributed by atoms with Gasteiger partial charge in [-0.25, -0.2) is 0 Å². The van der Waals surface area contributed by atoms with E-state index < -0.39 is 0 Å². The molecular weight excluding hydrogens is 355 g/mol. The van der Waals surface area contributed by atoms with Crippen LogP contribution in [0, 0.1) is 0 Å². The average Bonchev–Trinajstić information content (AvgIpc) is 2.25. The first-order valence-electron chi connectivity index (χ1n) is 6.88. The molecule has 1 saturated heterocycles. The van der Waals surface area contributed by atoms with Crippen molar-refractivity contribution in [1.82, 2.24) is 9.80 Å². The van der Waals surface area contributed by atoms with E-state index in [2.05, 4.69) is 72.8 Å². The van der Waals surface area contributed by atoms with Crippen molar-refractivity contribution in [2.75, 3.05) is 26.4 Å². The van der Waals surface area contributed by atoms with Crippen LogP contribution in [0.3, 0.4) is 0 Å². The van der Waals surface area contributed by atoms with Gasteiger partial charge >= 0.3 is 0 Å². The predicted molar refractivity (Wildman–Crippen MR) is 92.7 cm³/mol. The molecule has 0 aromatic carbocycles. The normalized spacial score (nSPS) is 24.7. The molecule has 0 spiro atoms. The second kappa shape index (κ2) is 6.64. The number of hydrogen-bond acceptors (Lipinski definition) is 3. The first-order valence-corrected chi connectivity index (χ1v) is 10.4. The summed E-state index contributed by atoms with van der Waals surface area (Å²) in [6.07, 6.45) is 3.86. The van der Waals surface area contributed by atoms with Gasteiger partial charge in [-0.05, 0) is 88.8 Å². The van der Waals surface area contributed by atoms with Gasteiger partial charge in [0.15, 0.2) is 0 Å². The lowest BCUT2D eigenvalue weighted by Crippen LogP contribution is -2.62. The second-order valence-corrected chi connectivity index (χ2v) is 9.39. The van der Waals surface area contributed by atoms with Crippen molar-refractivity contribution in [1.29, 1.82) is 0 Å². The summed E-state index contributed by atoms with van der Waals surface area (Å²) in [6.45, 7) is 10.8. The Hall–Kier alpha value is 1.00. The van der Waals surface area contributed by atoms with Crippen molar-refractivity contribution in [3.8, 4) is 0 Å². The Morgan fingerprint density at radius 2 is 1.72 bits per heavy atom. The van der Waals surface area contributed by atoms with Gasteiger partial charge in [0.1, 0.15) is 0 Å². The van der Waals surface area contributed by atoms with Crippen molar-refractivity contribution in [3.63, 3.8) is 0 Å². The molecular formula is C14H29IN2S. The third kappa shape index (κ3) is 4.25. The molecule has 1 aliphatic rings. The maximum absolute atomic E-state index is 2.59. The third-order valence-electron chi connectivity index (χ3n) is 4.64. The van der Waals surface area contributed by atoms with Crippen molar-refractivity contribution < 1.29 is 0 Å². The number of rotatable bonds is 5. The lowest BCUT2D eigenvalue weighted by atomic mass is 9.77. The van der Waals surface area contributed by atoms with Crippen LogP contribution in [0.4, 0.5) is 0 Å².